The molecule has 1 aliphatic rings. The van der Waals surface area contributed by atoms with Gasteiger partial charge in [-0.25, -0.2) is 0 Å². The van der Waals surface area contributed by atoms with E-state index in [4.69, 9.17) is 4.74 Å². The zero-order chi connectivity index (χ0) is 10.7. The molecule has 1 atom stereocenters. The molecule has 1 aromatic rings. The molecule has 0 bridgehead atoms. The minimum Gasteiger partial charge on any atom is -0.380 e. The lowest BCUT2D eigenvalue weighted by atomic mass is 10.1. The summed E-state index contributed by atoms with van der Waals surface area (Å²) in [6, 6.07) is 2.10. The molecule has 0 amide bonds. The fourth-order valence-corrected chi connectivity index (χ4v) is 2.29. The molecule has 82 valence electrons. The number of nitrogens with zero attached hydrogens (tertiary/aromatic N) is 2. The first-order valence-corrected chi connectivity index (χ1v) is 5.97. The lowest BCUT2D eigenvalue weighted by Gasteiger charge is -2.33. The number of ether oxygens (including phenoxy) is 1. The van der Waals surface area contributed by atoms with Gasteiger partial charge in [-0.1, -0.05) is 0 Å². The van der Waals surface area contributed by atoms with Crippen LogP contribution in [0.2, 0.25) is 0 Å². The lowest BCUT2D eigenvalue weighted by Crippen LogP contribution is -2.39. The van der Waals surface area contributed by atoms with Crippen LogP contribution in [-0.4, -0.2) is 31.3 Å². The number of hydrogen-bond acceptors (Lipinski definition) is 3. The molecular formula is C11H15BrN2O. The molecule has 15 heavy (non-hydrogen) atoms. The van der Waals surface area contributed by atoms with E-state index in [0.29, 0.717) is 6.10 Å². The van der Waals surface area contributed by atoms with Gasteiger partial charge in [0.15, 0.2) is 0 Å². The summed E-state index contributed by atoms with van der Waals surface area (Å²) in [7, 11) is 1.79. The van der Waals surface area contributed by atoms with Gasteiger partial charge in [-0.3, -0.25) is 4.98 Å². The van der Waals surface area contributed by atoms with Crippen molar-refractivity contribution in [3.63, 3.8) is 0 Å². The third-order valence-corrected chi connectivity index (χ3v) is 3.20. The van der Waals surface area contributed by atoms with Crippen molar-refractivity contribution in [1.29, 1.82) is 0 Å². The summed E-state index contributed by atoms with van der Waals surface area (Å²) >= 11 is 3.44. The van der Waals surface area contributed by atoms with Crippen molar-refractivity contribution in [2.45, 2.75) is 18.9 Å². The van der Waals surface area contributed by atoms with Crippen LogP contribution in [0.15, 0.2) is 22.9 Å². The highest BCUT2D eigenvalue weighted by Gasteiger charge is 2.19. The maximum atomic E-state index is 5.40. The molecule has 0 aromatic carbocycles. The van der Waals surface area contributed by atoms with Crippen molar-refractivity contribution in [3.8, 4) is 0 Å². The smallest absolute Gasteiger partial charge is 0.0746 e. The summed E-state index contributed by atoms with van der Waals surface area (Å²) in [6.45, 7) is 2.06. The van der Waals surface area contributed by atoms with E-state index in [0.717, 1.165) is 24.0 Å². The average molecular weight is 271 g/mol. The highest BCUT2D eigenvalue weighted by atomic mass is 79.9. The first kappa shape index (κ1) is 10.9. The van der Waals surface area contributed by atoms with Crippen LogP contribution in [0.4, 0.5) is 5.69 Å². The van der Waals surface area contributed by atoms with Crippen molar-refractivity contribution in [2.24, 2.45) is 0 Å². The Hall–Kier alpha value is -0.610. The Bertz CT molecular complexity index is 332. The normalized spacial score (nSPS) is 21.7. The molecule has 0 N–H and O–H groups in total. The number of anilines is 1. The summed E-state index contributed by atoms with van der Waals surface area (Å²) in [6.07, 6.45) is 6.42. The van der Waals surface area contributed by atoms with Crippen LogP contribution in [0.25, 0.3) is 0 Å². The Morgan fingerprint density at radius 2 is 2.40 bits per heavy atom. The van der Waals surface area contributed by atoms with Crippen molar-refractivity contribution < 1.29 is 4.74 Å². The first-order valence-electron chi connectivity index (χ1n) is 5.18. The number of methoxy groups -OCH3 is 1. The van der Waals surface area contributed by atoms with Gasteiger partial charge in [0, 0.05) is 30.9 Å². The predicted molar refractivity (Wildman–Crippen MR) is 64.2 cm³/mol. The standard InChI is InChI=1S/C11H15BrN2O/c1-15-11-3-2-4-14(8-11)10-5-9(12)6-13-7-10/h5-7,11H,2-4,8H2,1H3. The topological polar surface area (TPSA) is 25.4 Å². The van der Waals surface area contributed by atoms with E-state index in [9.17, 15) is 0 Å². The molecule has 1 unspecified atom stereocenters. The van der Waals surface area contributed by atoms with Gasteiger partial charge >= 0.3 is 0 Å². The van der Waals surface area contributed by atoms with Crippen LogP contribution in [0.5, 0.6) is 0 Å². The van der Waals surface area contributed by atoms with E-state index in [1.165, 1.54) is 12.1 Å². The summed E-state index contributed by atoms with van der Waals surface area (Å²) < 4.78 is 6.43. The third-order valence-electron chi connectivity index (χ3n) is 2.77. The molecule has 3 nitrogen and oxygen atoms in total. The summed E-state index contributed by atoms with van der Waals surface area (Å²) in [5, 5.41) is 0. The van der Waals surface area contributed by atoms with Crippen LogP contribution in [0, 0.1) is 0 Å². The second-order valence-corrected chi connectivity index (χ2v) is 4.72. The molecule has 0 spiro atoms. The molecule has 0 radical (unpaired) electrons. The fourth-order valence-electron chi connectivity index (χ4n) is 1.94. The van der Waals surface area contributed by atoms with Crippen molar-refractivity contribution in [3.05, 3.63) is 22.9 Å². The molecule has 2 heterocycles. The summed E-state index contributed by atoms with van der Waals surface area (Å²) in [5.74, 6) is 0. The summed E-state index contributed by atoms with van der Waals surface area (Å²) in [4.78, 5) is 6.51. The quantitative estimate of drug-likeness (QED) is 0.826. The van der Waals surface area contributed by atoms with E-state index < -0.39 is 0 Å². The van der Waals surface area contributed by atoms with E-state index in [-0.39, 0.29) is 0 Å². The lowest BCUT2D eigenvalue weighted by molar-refractivity contribution is 0.0893. The average Bonchev–Trinajstić information content (AvgIpc) is 2.29. The van der Waals surface area contributed by atoms with Crippen molar-refractivity contribution >= 4 is 21.6 Å². The number of rotatable bonds is 2. The maximum Gasteiger partial charge on any atom is 0.0746 e. The summed E-state index contributed by atoms with van der Waals surface area (Å²) in [5.41, 5.74) is 1.17. The van der Waals surface area contributed by atoms with Gasteiger partial charge in [0.1, 0.15) is 0 Å². The number of halogens is 1. The van der Waals surface area contributed by atoms with Gasteiger partial charge in [-0.05, 0) is 34.8 Å². The highest BCUT2D eigenvalue weighted by Crippen LogP contribution is 2.22. The number of pyridine rings is 1. The Morgan fingerprint density at radius 3 is 3.13 bits per heavy atom. The van der Waals surface area contributed by atoms with E-state index in [1.54, 1.807) is 13.3 Å². The van der Waals surface area contributed by atoms with Crippen LogP contribution in [-0.2, 0) is 4.74 Å². The van der Waals surface area contributed by atoms with Crippen LogP contribution in [0.1, 0.15) is 12.8 Å². The second-order valence-electron chi connectivity index (χ2n) is 3.81. The minimum absolute atomic E-state index is 0.359. The predicted octanol–water partition coefficient (Wildman–Crippen LogP) is 2.46. The Kier molecular flexibility index (Phi) is 3.59. The van der Waals surface area contributed by atoms with Crippen molar-refractivity contribution in [2.75, 3.05) is 25.1 Å². The van der Waals surface area contributed by atoms with Gasteiger partial charge in [-0.2, -0.15) is 0 Å². The van der Waals surface area contributed by atoms with Crippen molar-refractivity contribution in [1.82, 2.24) is 4.98 Å². The van der Waals surface area contributed by atoms with Crippen LogP contribution in [0.3, 0.4) is 0 Å². The molecule has 4 heteroatoms. The van der Waals surface area contributed by atoms with Gasteiger partial charge in [0.05, 0.1) is 18.0 Å². The molecule has 1 aliphatic heterocycles. The van der Waals surface area contributed by atoms with Gasteiger partial charge in [0.2, 0.25) is 0 Å². The van der Waals surface area contributed by atoms with Gasteiger partial charge in [0.25, 0.3) is 0 Å². The number of aromatic nitrogens is 1. The minimum atomic E-state index is 0.359. The Balaban J connectivity index is 2.09. The molecular weight excluding hydrogens is 256 g/mol. The van der Waals surface area contributed by atoms with E-state index >= 15 is 0 Å². The van der Waals surface area contributed by atoms with Gasteiger partial charge in [-0.15, -0.1) is 0 Å². The molecule has 1 aromatic heterocycles. The first-order chi connectivity index (χ1) is 7.29. The van der Waals surface area contributed by atoms with E-state index in [2.05, 4.69) is 31.9 Å². The zero-order valence-corrected chi connectivity index (χ0v) is 10.4. The second kappa shape index (κ2) is 4.94. The molecule has 0 saturated carbocycles. The van der Waals surface area contributed by atoms with Gasteiger partial charge < -0.3 is 9.64 Å². The number of hydrogen-bond donors (Lipinski definition) is 0. The molecule has 2 rings (SSSR count). The maximum absolute atomic E-state index is 5.40. The Labute approximate surface area is 98.6 Å². The molecule has 1 fully saturated rings. The monoisotopic (exact) mass is 270 g/mol. The highest BCUT2D eigenvalue weighted by molar-refractivity contribution is 9.10. The van der Waals surface area contributed by atoms with E-state index in [1.807, 2.05) is 6.20 Å². The molecule has 1 saturated heterocycles. The Morgan fingerprint density at radius 1 is 1.53 bits per heavy atom. The zero-order valence-electron chi connectivity index (χ0n) is 8.82. The largest absolute Gasteiger partial charge is 0.380 e. The van der Waals surface area contributed by atoms with Crippen LogP contribution >= 0.6 is 15.9 Å². The number of piperidine rings is 1. The SMILES string of the molecule is COC1CCCN(c2cncc(Br)c2)C1. The fraction of sp³-hybridized carbons (Fsp3) is 0.545. The third kappa shape index (κ3) is 2.69. The molecule has 0 aliphatic carbocycles. The van der Waals surface area contributed by atoms with Crippen LogP contribution < -0.4 is 4.90 Å².